The summed E-state index contributed by atoms with van der Waals surface area (Å²) in [5, 5.41) is 4.83. The Morgan fingerprint density at radius 3 is 2.84 bits per heavy atom. The molecule has 1 aliphatic carbocycles. The molecule has 1 saturated carbocycles. The fraction of sp³-hybridized carbons (Fsp3) is 0.471. The van der Waals surface area contributed by atoms with Crippen LogP contribution in [0.1, 0.15) is 39.0 Å². The van der Waals surface area contributed by atoms with Gasteiger partial charge in [-0.15, -0.1) is 0 Å². The number of nitrogens with one attached hydrogen (secondary N) is 1. The molecule has 2 heteroatoms. The second-order valence-corrected chi connectivity index (χ2v) is 5.84. The summed E-state index contributed by atoms with van der Waals surface area (Å²) in [6, 6.07) is 13.2. The summed E-state index contributed by atoms with van der Waals surface area (Å²) < 4.78 is 0. The Hall–Kier alpha value is -1.57. The van der Waals surface area contributed by atoms with Crippen molar-refractivity contribution in [2.24, 2.45) is 5.92 Å². The Labute approximate surface area is 115 Å². The van der Waals surface area contributed by atoms with E-state index in [0.29, 0.717) is 6.04 Å². The van der Waals surface area contributed by atoms with Crippen molar-refractivity contribution in [1.29, 1.82) is 0 Å². The van der Waals surface area contributed by atoms with E-state index in [2.05, 4.69) is 42.6 Å². The van der Waals surface area contributed by atoms with Gasteiger partial charge in [0.1, 0.15) is 5.82 Å². The van der Waals surface area contributed by atoms with E-state index in [-0.39, 0.29) is 0 Å². The molecule has 1 aromatic carbocycles. The lowest BCUT2D eigenvalue weighted by Crippen LogP contribution is -2.19. The molecule has 0 amide bonds. The van der Waals surface area contributed by atoms with E-state index in [0.717, 1.165) is 17.3 Å². The molecular weight excluding hydrogens is 232 g/mol. The molecule has 1 heterocycles. The lowest BCUT2D eigenvalue weighted by molar-refractivity contribution is 0.502. The summed E-state index contributed by atoms with van der Waals surface area (Å²) in [4.78, 5) is 4.71. The minimum atomic E-state index is 0.596. The van der Waals surface area contributed by atoms with Crippen LogP contribution in [0.15, 0.2) is 36.4 Å². The Kier molecular flexibility index (Phi) is 3.67. The van der Waals surface area contributed by atoms with Crippen LogP contribution in [0.4, 0.5) is 5.82 Å². The highest BCUT2D eigenvalue weighted by molar-refractivity contribution is 5.80. The van der Waals surface area contributed by atoms with E-state index in [9.17, 15) is 0 Å². The van der Waals surface area contributed by atoms with Crippen molar-refractivity contribution in [3.05, 3.63) is 36.4 Å². The Bertz CT molecular complexity index is 550. The zero-order chi connectivity index (χ0) is 13.1. The van der Waals surface area contributed by atoms with E-state index in [1.165, 1.54) is 37.5 Å². The molecule has 3 rings (SSSR count). The highest BCUT2D eigenvalue weighted by atomic mass is 15.0. The third-order valence-electron chi connectivity index (χ3n) is 4.21. The molecule has 0 radical (unpaired) electrons. The number of aromatic nitrogens is 1. The number of para-hydroxylation sites is 1. The first kappa shape index (κ1) is 12.5. The van der Waals surface area contributed by atoms with Crippen LogP contribution in [0.25, 0.3) is 10.9 Å². The van der Waals surface area contributed by atoms with Gasteiger partial charge in [0, 0.05) is 11.4 Å². The quantitative estimate of drug-likeness (QED) is 0.791. The Morgan fingerprint density at radius 2 is 1.89 bits per heavy atom. The van der Waals surface area contributed by atoms with Crippen LogP contribution in [0, 0.1) is 5.92 Å². The second-order valence-electron chi connectivity index (χ2n) is 5.84. The van der Waals surface area contributed by atoms with Gasteiger partial charge in [0.2, 0.25) is 0 Å². The predicted molar refractivity (Wildman–Crippen MR) is 81.4 cm³/mol. The SMILES string of the molecule is CC1CCCC(Nc2ccc3ccccc3n2)CC1. The third kappa shape index (κ3) is 3.06. The largest absolute Gasteiger partial charge is 0.367 e. The van der Waals surface area contributed by atoms with Crippen molar-refractivity contribution >= 4 is 16.7 Å². The first-order chi connectivity index (χ1) is 9.31. The monoisotopic (exact) mass is 254 g/mol. The van der Waals surface area contributed by atoms with Crippen LogP contribution in [0.2, 0.25) is 0 Å². The highest BCUT2D eigenvalue weighted by Crippen LogP contribution is 2.25. The first-order valence-corrected chi connectivity index (χ1v) is 7.43. The summed E-state index contributed by atoms with van der Waals surface area (Å²) in [6.07, 6.45) is 6.61. The van der Waals surface area contributed by atoms with Crippen LogP contribution in [-0.2, 0) is 0 Å². The van der Waals surface area contributed by atoms with Crippen LogP contribution in [0.3, 0.4) is 0 Å². The zero-order valence-electron chi connectivity index (χ0n) is 11.6. The van der Waals surface area contributed by atoms with E-state index >= 15 is 0 Å². The average molecular weight is 254 g/mol. The maximum atomic E-state index is 4.71. The van der Waals surface area contributed by atoms with E-state index in [1.54, 1.807) is 0 Å². The fourth-order valence-corrected chi connectivity index (χ4v) is 2.99. The molecule has 2 nitrogen and oxygen atoms in total. The number of hydrogen-bond acceptors (Lipinski definition) is 2. The van der Waals surface area contributed by atoms with Crippen molar-refractivity contribution in [1.82, 2.24) is 4.98 Å². The van der Waals surface area contributed by atoms with Gasteiger partial charge < -0.3 is 5.32 Å². The maximum absolute atomic E-state index is 4.71. The van der Waals surface area contributed by atoms with Crippen molar-refractivity contribution in [3.63, 3.8) is 0 Å². The average Bonchev–Trinajstić information content (AvgIpc) is 2.64. The van der Waals surface area contributed by atoms with Gasteiger partial charge in [-0.05, 0) is 43.4 Å². The first-order valence-electron chi connectivity index (χ1n) is 7.43. The smallest absolute Gasteiger partial charge is 0.126 e. The molecule has 0 aliphatic heterocycles. The number of rotatable bonds is 2. The summed E-state index contributed by atoms with van der Waals surface area (Å²) in [7, 11) is 0. The van der Waals surface area contributed by atoms with Gasteiger partial charge in [-0.2, -0.15) is 0 Å². The van der Waals surface area contributed by atoms with E-state index in [4.69, 9.17) is 4.98 Å². The molecule has 2 unspecified atom stereocenters. The maximum Gasteiger partial charge on any atom is 0.126 e. The summed E-state index contributed by atoms with van der Waals surface area (Å²) in [5.41, 5.74) is 1.08. The Morgan fingerprint density at radius 1 is 1.00 bits per heavy atom. The lowest BCUT2D eigenvalue weighted by Gasteiger charge is -2.17. The number of anilines is 1. The molecule has 19 heavy (non-hydrogen) atoms. The van der Waals surface area contributed by atoms with Gasteiger partial charge in [0.25, 0.3) is 0 Å². The molecular formula is C17H22N2. The molecule has 1 aliphatic rings. The summed E-state index contributed by atoms with van der Waals surface area (Å²) in [5.74, 6) is 1.91. The number of pyridine rings is 1. The summed E-state index contributed by atoms with van der Waals surface area (Å²) >= 11 is 0. The standard InChI is InChI=1S/C17H22N2/c1-13-5-4-7-15(11-9-13)18-17-12-10-14-6-2-3-8-16(14)19-17/h2-3,6,8,10,12-13,15H,4-5,7,9,11H2,1H3,(H,18,19). The van der Waals surface area contributed by atoms with Crippen molar-refractivity contribution in [3.8, 4) is 0 Å². The third-order valence-corrected chi connectivity index (χ3v) is 4.21. The van der Waals surface area contributed by atoms with Crippen molar-refractivity contribution in [2.75, 3.05) is 5.32 Å². The summed E-state index contributed by atoms with van der Waals surface area (Å²) in [6.45, 7) is 2.37. The molecule has 100 valence electrons. The lowest BCUT2D eigenvalue weighted by atomic mass is 10.0. The predicted octanol–water partition coefficient (Wildman–Crippen LogP) is 4.62. The number of hydrogen-bond donors (Lipinski definition) is 1. The minimum Gasteiger partial charge on any atom is -0.367 e. The van der Waals surface area contributed by atoms with Crippen LogP contribution in [-0.4, -0.2) is 11.0 Å². The van der Waals surface area contributed by atoms with Crippen LogP contribution >= 0.6 is 0 Å². The normalized spacial score (nSPS) is 24.1. The fourth-order valence-electron chi connectivity index (χ4n) is 2.99. The second kappa shape index (κ2) is 5.60. The zero-order valence-corrected chi connectivity index (χ0v) is 11.6. The van der Waals surface area contributed by atoms with Crippen molar-refractivity contribution < 1.29 is 0 Å². The van der Waals surface area contributed by atoms with Gasteiger partial charge in [0.05, 0.1) is 5.52 Å². The van der Waals surface area contributed by atoms with Crippen LogP contribution in [0.5, 0.6) is 0 Å². The topological polar surface area (TPSA) is 24.9 Å². The van der Waals surface area contributed by atoms with E-state index < -0.39 is 0 Å². The molecule has 2 aromatic rings. The highest BCUT2D eigenvalue weighted by Gasteiger charge is 2.16. The molecule has 1 N–H and O–H groups in total. The molecule has 1 aromatic heterocycles. The van der Waals surface area contributed by atoms with Crippen molar-refractivity contribution in [2.45, 2.75) is 45.1 Å². The van der Waals surface area contributed by atoms with Gasteiger partial charge in [0.15, 0.2) is 0 Å². The van der Waals surface area contributed by atoms with Crippen LogP contribution < -0.4 is 5.32 Å². The molecule has 0 bridgehead atoms. The van der Waals surface area contributed by atoms with Gasteiger partial charge >= 0.3 is 0 Å². The van der Waals surface area contributed by atoms with E-state index in [1.807, 2.05) is 6.07 Å². The van der Waals surface area contributed by atoms with Gasteiger partial charge in [-0.3, -0.25) is 0 Å². The number of fused-ring (bicyclic) bond motifs is 1. The molecule has 2 atom stereocenters. The Balaban J connectivity index is 1.73. The molecule has 0 saturated heterocycles. The molecule has 1 fully saturated rings. The van der Waals surface area contributed by atoms with Gasteiger partial charge in [-0.25, -0.2) is 4.98 Å². The molecule has 0 spiro atoms. The number of nitrogens with zero attached hydrogens (tertiary/aromatic N) is 1. The number of benzene rings is 1. The minimum absolute atomic E-state index is 0.596. The van der Waals surface area contributed by atoms with Gasteiger partial charge in [-0.1, -0.05) is 38.0 Å².